The molecule has 0 aliphatic rings. The Kier molecular flexibility index (Phi) is 5.16. The van der Waals surface area contributed by atoms with Crippen LogP contribution in [0.2, 0.25) is 0 Å². The fourth-order valence-electron chi connectivity index (χ4n) is 3.04. The van der Waals surface area contributed by atoms with Gasteiger partial charge in [-0.05, 0) is 24.3 Å². The molecule has 7 heteroatoms. The van der Waals surface area contributed by atoms with Crippen LogP contribution in [-0.4, -0.2) is 47.1 Å². The summed E-state index contributed by atoms with van der Waals surface area (Å²) in [5.41, 5.74) is 3.45. The van der Waals surface area contributed by atoms with Gasteiger partial charge in [0.2, 0.25) is 5.88 Å². The molecule has 2 aromatic heterocycles. The van der Waals surface area contributed by atoms with E-state index in [1.54, 1.807) is 25.1 Å². The molecule has 2 aromatic carbocycles. The molecule has 142 valence electrons. The molecular formula is C21H21N5O2. The van der Waals surface area contributed by atoms with Gasteiger partial charge in [-0.1, -0.05) is 30.3 Å². The summed E-state index contributed by atoms with van der Waals surface area (Å²) in [6, 6.07) is 17.8. The minimum absolute atomic E-state index is 0.494. The highest BCUT2D eigenvalue weighted by atomic mass is 16.5. The molecule has 2 heterocycles. The molecule has 4 aromatic rings. The van der Waals surface area contributed by atoms with E-state index >= 15 is 0 Å². The smallest absolute Gasteiger partial charge is 0.228 e. The number of aromatic nitrogens is 4. The minimum Gasteiger partial charge on any atom is -0.480 e. The van der Waals surface area contributed by atoms with E-state index in [2.05, 4.69) is 15.4 Å². The van der Waals surface area contributed by atoms with Crippen LogP contribution in [0.3, 0.4) is 0 Å². The molecule has 0 saturated heterocycles. The SMILES string of the molecule is COCCNc1ccccc1-c1nc(OC)c2cnn(-c3ccccc3)c2n1. The van der Waals surface area contributed by atoms with Gasteiger partial charge < -0.3 is 14.8 Å². The Labute approximate surface area is 163 Å². The fourth-order valence-corrected chi connectivity index (χ4v) is 3.04. The quantitative estimate of drug-likeness (QED) is 0.498. The normalized spacial score (nSPS) is 10.9. The molecule has 0 aliphatic carbocycles. The van der Waals surface area contributed by atoms with Crippen LogP contribution in [0.15, 0.2) is 60.8 Å². The summed E-state index contributed by atoms with van der Waals surface area (Å²) in [5.74, 6) is 1.07. The second kappa shape index (κ2) is 8.06. The third-order valence-electron chi connectivity index (χ3n) is 4.38. The summed E-state index contributed by atoms with van der Waals surface area (Å²) in [6.07, 6.45) is 1.73. The Morgan fingerprint density at radius 2 is 1.75 bits per heavy atom. The maximum absolute atomic E-state index is 5.53. The topological polar surface area (TPSA) is 74.1 Å². The van der Waals surface area contributed by atoms with Crippen LogP contribution >= 0.6 is 0 Å². The lowest BCUT2D eigenvalue weighted by atomic mass is 10.1. The van der Waals surface area contributed by atoms with Crippen LogP contribution < -0.4 is 10.1 Å². The van der Waals surface area contributed by atoms with Crippen molar-refractivity contribution in [1.82, 2.24) is 19.7 Å². The van der Waals surface area contributed by atoms with Gasteiger partial charge in [0.15, 0.2) is 11.5 Å². The zero-order valence-electron chi connectivity index (χ0n) is 15.8. The highest BCUT2D eigenvalue weighted by molar-refractivity contribution is 5.85. The van der Waals surface area contributed by atoms with Gasteiger partial charge >= 0.3 is 0 Å². The molecule has 0 atom stereocenters. The summed E-state index contributed by atoms with van der Waals surface area (Å²) in [7, 11) is 3.29. The number of anilines is 1. The summed E-state index contributed by atoms with van der Waals surface area (Å²) in [5, 5.41) is 8.63. The largest absolute Gasteiger partial charge is 0.480 e. The lowest BCUT2D eigenvalue weighted by molar-refractivity contribution is 0.211. The van der Waals surface area contributed by atoms with E-state index in [-0.39, 0.29) is 0 Å². The number of hydrogen-bond acceptors (Lipinski definition) is 6. The van der Waals surface area contributed by atoms with Crippen molar-refractivity contribution >= 4 is 16.7 Å². The number of ether oxygens (including phenoxy) is 2. The zero-order chi connectivity index (χ0) is 19.3. The molecule has 0 saturated carbocycles. The molecule has 0 radical (unpaired) electrons. The summed E-state index contributed by atoms with van der Waals surface area (Å²) >= 11 is 0. The number of methoxy groups -OCH3 is 2. The predicted molar refractivity (Wildman–Crippen MR) is 109 cm³/mol. The van der Waals surface area contributed by atoms with Gasteiger partial charge in [-0.25, -0.2) is 9.67 Å². The van der Waals surface area contributed by atoms with Crippen molar-refractivity contribution in [2.75, 3.05) is 32.7 Å². The maximum Gasteiger partial charge on any atom is 0.228 e. The van der Waals surface area contributed by atoms with Gasteiger partial charge in [0, 0.05) is 24.9 Å². The predicted octanol–water partition coefficient (Wildman–Crippen LogP) is 3.55. The van der Waals surface area contributed by atoms with Gasteiger partial charge in [0.1, 0.15) is 5.39 Å². The molecule has 4 rings (SSSR count). The first-order valence-corrected chi connectivity index (χ1v) is 8.99. The van der Waals surface area contributed by atoms with Crippen LogP contribution in [0, 0.1) is 0 Å². The molecular weight excluding hydrogens is 354 g/mol. The summed E-state index contributed by atoms with van der Waals surface area (Å²) in [6.45, 7) is 1.30. The first kappa shape index (κ1) is 17.9. The van der Waals surface area contributed by atoms with Crippen molar-refractivity contribution < 1.29 is 9.47 Å². The number of para-hydroxylation sites is 2. The van der Waals surface area contributed by atoms with Crippen molar-refractivity contribution in [3.63, 3.8) is 0 Å². The Hall–Kier alpha value is -3.45. The standard InChI is InChI=1S/C21H21N5O2/c1-27-13-12-22-18-11-7-6-10-16(18)19-24-20-17(21(25-19)28-2)14-23-26(20)15-8-4-3-5-9-15/h3-11,14,22H,12-13H2,1-2H3. The van der Waals surface area contributed by atoms with Gasteiger partial charge in [-0.3, -0.25) is 0 Å². The second-order valence-electron chi connectivity index (χ2n) is 6.15. The summed E-state index contributed by atoms with van der Waals surface area (Å²) < 4.78 is 12.5. The molecule has 7 nitrogen and oxygen atoms in total. The average Bonchev–Trinajstić information content (AvgIpc) is 3.18. The number of hydrogen-bond donors (Lipinski definition) is 1. The van der Waals surface area contributed by atoms with E-state index < -0.39 is 0 Å². The Bertz CT molecular complexity index is 1080. The van der Waals surface area contributed by atoms with Crippen LogP contribution in [0.1, 0.15) is 0 Å². The Morgan fingerprint density at radius 3 is 2.54 bits per heavy atom. The maximum atomic E-state index is 5.53. The highest BCUT2D eigenvalue weighted by Gasteiger charge is 2.17. The van der Waals surface area contributed by atoms with Crippen LogP contribution in [0.5, 0.6) is 5.88 Å². The molecule has 0 amide bonds. The first-order chi connectivity index (χ1) is 13.8. The zero-order valence-corrected chi connectivity index (χ0v) is 15.8. The molecule has 0 spiro atoms. The second-order valence-corrected chi connectivity index (χ2v) is 6.15. The lowest BCUT2D eigenvalue weighted by Crippen LogP contribution is -2.09. The molecule has 28 heavy (non-hydrogen) atoms. The van der Waals surface area contributed by atoms with Crippen LogP contribution in [-0.2, 0) is 4.74 Å². The van der Waals surface area contributed by atoms with E-state index in [4.69, 9.17) is 14.5 Å². The number of nitrogens with zero attached hydrogens (tertiary/aromatic N) is 4. The van der Waals surface area contributed by atoms with E-state index in [0.29, 0.717) is 30.5 Å². The Balaban J connectivity index is 1.85. The van der Waals surface area contributed by atoms with Crippen molar-refractivity contribution in [1.29, 1.82) is 0 Å². The van der Waals surface area contributed by atoms with Crippen molar-refractivity contribution in [3.05, 3.63) is 60.8 Å². The third-order valence-corrected chi connectivity index (χ3v) is 4.38. The van der Waals surface area contributed by atoms with Gasteiger partial charge in [0.25, 0.3) is 0 Å². The number of rotatable bonds is 7. The number of benzene rings is 2. The minimum atomic E-state index is 0.494. The molecule has 0 aliphatic heterocycles. The summed E-state index contributed by atoms with van der Waals surface area (Å²) in [4.78, 5) is 9.45. The van der Waals surface area contributed by atoms with E-state index in [1.165, 1.54) is 0 Å². The third kappa shape index (κ3) is 3.39. The van der Waals surface area contributed by atoms with E-state index in [0.717, 1.165) is 22.3 Å². The van der Waals surface area contributed by atoms with Crippen molar-refractivity contribution in [2.24, 2.45) is 0 Å². The fraction of sp³-hybridized carbons (Fsp3) is 0.190. The monoisotopic (exact) mass is 375 g/mol. The number of nitrogens with one attached hydrogen (secondary N) is 1. The van der Waals surface area contributed by atoms with Gasteiger partial charge in [-0.15, -0.1) is 0 Å². The van der Waals surface area contributed by atoms with Gasteiger partial charge in [-0.2, -0.15) is 10.1 Å². The average molecular weight is 375 g/mol. The highest BCUT2D eigenvalue weighted by Crippen LogP contribution is 2.31. The lowest BCUT2D eigenvalue weighted by Gasteiger charge is -2.12. The van der Waals surface area contributed by atoms with Crippen molar-refractivity contribution in [2.45, 2.75) is 0 Å². The van der Waals surface area contributed by atoms with Crippen molar-refractivity contribution in [3.8, 4) is 23.0 Å². The van der Waals surface area contributed by atoms with Gasteiger partial charge in [0.05, 0.1) is 25.6 Å². The molecule has 0 bridgehead atoms. The first-order valence-electron chi connectivity index (χ1n) is 8.99. The molecule has 0 fully saturated rings. The molecule has 1 N–H and O–H groups in total. The van der Waals surface area contributed by atoms with E-state index in [9.17, 15) is 0 Å². The van der Waals surface area contributed by atoms with Crippen LogP contribution in [0.4, 0.5) is 5.69 Å². The van der Waals surface area contributed by atoms with E-state index in [1.807, 2.05) is 54.6 Å². The number of fused-ring (bicyclic) bond motifs is 1. The Morgan fingerprint density at radius 1 is 0.964 bits per heavy atom. The van der Waals surface area contributed by atoms with Crippen LogP contribution in [0.25, 0.3) is 28.1 Å². The molecule has 0 unspecified atom stereocenters.